The summed E-state index contributed by atoms with van der Waals surface area (Å²) >= 11 is 0. The van der Waals surface area contributed by atoms with E-state index in [2.05, 4.69) is 10.6 Å². The Bertz CT molecular complexity index is 1210. The Morgan fingerprint density at radius 2 is 1.52 bits per heavy atom. The number of anilines is 3. The highest BCUT2D eigenvalue weighted by Crippen LogP contribution is 2.26. The molecule has 4 rings (SSSR count). The lowest BCUT2D eigenvalue weighted by Gasteiger charge is -2.16. The topological polar surface area (TPSA) is 122 Å². The van der Waals surface area contributed by atoms with Crippen LogP contribution in [-0.2, 0) is 9.59 Å². The summed E-state index contributed by atoms with van der Waals surface area (Å²) in [6, 6.07) is 22.1. The summed E-state index contributed by atoms with van der Waals surface area (Å²) in [4.78, 5) is 50.7. The molecule has 0 aliphatic carbocycles. The van der Waals surface area contributed by atoms with Gasteiger partial charge in [-0.2, -0.15) is 0 Å². The molecule has 0 saturated carbocycles. The molecule has 8 heteroatoms. The maximum absolute atomic E-state index is 12.7. The van der Waals surface area contributed by atoms with Gasteiger partial charge in [-0.1, -0.05) is 30.3 Å². The van der Waals surface area contributed by atoms with Crippen LogP contribution in [0.3, 0.4) is 0 Å². The van der Waals surface area contributed by atoms with Gasteiger partial charge in [-0.05, 0) is 48.5 Å². The minimum Gasteiger partial charge on any atom is -0.366 e. The summed E-state index contributed by atoms with van der Waals surface area (Å²) in [6.07, 6.45) is 0.139. The van der Waals surface area contributed by atoms with Gasteiger partial charge in [0.1, 0.15) is 0 Å². The molecule has 0 radical (unpaired) electrons. The zero-order chi connectivity index (χ0) is 23.4. The van der Waals surface area contributed by atoms with E-state index in [0.29, 0.717) is 23.5 Å². The Morgan fingerprint density at radius 1 is 0.848 bits per heavy atom. The molecule has 0 aromatic heterocycles. The number of nitrogens with zero attached hydrogens (tertiary/aromatic N) is 1. The quantitative estimate of drug-likeness (QED) is 0.543. The van der Waals surface area contributed by atoms with Crippen molar-refractivity contribution >= 4 is 40.7 Å². The summed E-state index contributed by atoms with van der Waals surface area (Å²) in [7, 11) is 0. The van der Waals surface area contributed by atoms with Crippen LogP contribution in [0.25, 0.3) is 0 Å². The van der Waals surface area contributed by atoms with E-state index in [0.717, 1.165) is 5.69 Å². The number of benzene rings is 3. The van der Waals surface area contributed by atoms with E-state index in [1.165, 1.54) is 6.07 Å². The molecule has 1 aliphatic heterocycles. The Labute approximate surface area is 190 Å². The van der Waals surface area contributed by atoms with Crippen LogP contribution >= 0.6 is 0 Å². The van der Waals surface area contributed by atoms with Gasteiger partial charge in [0.2, 0.25) is 11.8 Å². The fourth-order valence-electron chi connectivity index (χ4n) is 3.69. The predicted octanol–water partition coefficient (Wildman–Crippen LogP) is 3.03. The third kappa shape index (κ3) is 4.90. The second kappa shape index (κ2) is 9.35. The summed E-state index contributed by atoms with van der Waals surface area (Å²) < 4.78 is 0. The molecular formula is C25H22N4O4. The van der Waals surface area contributed by atoms with E-state index in [1.807, 2.05) is 30.3 Å². The minimum atomic E-state index is -0.639. The first kappa shape index (κ1) is 21.8. The van der Waals surface area contributed by atoms with Crippen LogP contribution in [0.15, 0.2) is 78.9 Å². The molecule has 4 amide bonds. The van der Waals surface area contributed by atoms with Crippen molar-refractivity contribution in [1.29, 1.82) is 0 Å². The molecule has 1 fully saturated rings. The monoisotopic (exact) mass is 442 g/mol. The average molecular weight is 442 g/mol. The smallest absolute Gasteiger partial charge is 0.255 e. The zero-order valence-electron chi connectivity index (χ0n) is 17.7. The van der Waals surface area contributed by atoms with Crippen molar-refractivity contribution in [2.45, 2.75) is 6.42 Å². The van der Waals surface area contributed by atoms with Crippen molar-refractivity contribution in [3.05, 3.63) is 90.0 Å². The summed E-state index contributed by atoms with van der Waals surface area (Å²) in [6.45, 7) is 0.314. The van der Waals surface area contributed by atoms with Crippen LogP contribution in [0.4, 0.5) is 17.1 Å². The standard InChI is InChI=1S/C25H22N4O4/c26-23(31)20-8-4-5-9-21(20)28-24(32)16-10-12-18(13-11-16)27-25(33)17-14-22(30)29(15-17)19-6-2-1-3-7-19/h1-13,17H,14-15H2,(H2,26,31)(H,27,33)(H,28,32). The minimum absolute atomic E-state index is 0.0930. The normalized spacial score (nSPS) is 15.2. The van der Waals surface area contributed by atoms with Gasteiger partial charge in [0.25, 0.3) is 11.8 Å². The van der Waals surface area contributed by atoms with Gasteiger partial charge >= 0.3 is 0 Å². The fourth-order valence-corrected chi connectivity index (χ4v) is 3.69. The number of carbonyl (C=O) groups excluding carboxylic acids is 4. The lowest BCUT2D eigenvalue weighted by atomic mass is 10.1. The Morgan fingerprint density at radius 3 is 2.21 bits per heavy atom. The van der Waals surface area contributed by atoms with Gasteiger partial charge in [0.15, 0.2) is 0 Å². The van der Waals surface area contributed by atoms with Crippen molar-refractivity contribution < 1.29 is 19.2 Å². The lowest BCUT2D eigenvalue weighted by molar-refractivity contribution is -0.122. The van der Waals surface area contributed by atoms with Crippen molar-refractivity contribution in [1.82, 2.24) is 0 Å². The highest BCUT2D eigenvalue weighted by Gasteiger charge is 2.35. The molecule has 8 nitrogen and oxygen atoms in total. The molecular weight excluding hydrogens is 420 g/mol. The van der Waals surface area contributed by atoms with Crippen molar-refractivity contribution in [2.75, 3.05) is 22.1 Å². The second-order valence-corrected chi connectivity index (χ2v) is 7.67. The average Bonchev–Trinajstić information content (AvgIpc) is 3.22. The number of primary amides is 1. The first-order valence-electron chi connectivity index (χ1n) is 10.4. The molecule has 0 bridgehead atoms. The molecule has 4 N–H and O–H groups in total. The van der Waals surface area contributed by atoms with Gasteiger partial charge in [0.05, 0.1) is 17.2 Å². The first-order chi connectivity index (χ1) is 15.9. The first-order valence-corrected chi connectivity index (χ1v) is 10.4. The number of rotatable bonds is 6. The maximum Gasteiger partial charge on any atom is 0.255 e. The van der Waals surface area contributed by atoms with E-state index in [4.69, 9.17) is 5.73 Å². The van der Waals surface area contributed by atoms with Gasteiger partial charge < -0.3 is 21.3 Å². The number of carbonyl (C=O) groups is 4. The van der Waals surface area contributed by atoms with Crippen LogP contribution in [-0.4, -0.2) is 30.2 Å². The van der Waals surface area contributed by atoms with E-state index >= 15 is 0 Å². The molecule has 3 aromatic rings. The van der Waals surface area contributed by atoms with Crippen LogP contribution < -0.4 is 21.3 Å². The largest absolute Gasteiger partial charge is 0.366 e. The Hall–Kier alpha value is -4.46. The van der Waals surface area contributed by atoms with Crippen LogP contribution in [0.2, 0.25) is 0 Å². The van der Waals surface area contributed by atoms with E-state index < -0.39 is 17.7 Å². The molecule has 33 heavy (non-hydrogen) atoms. The fraction of sp³-hybridized carbons (Fsp3) is 0.120. The van der Waals surface area contributed by atoms with E-state index in [1.54, 1.807) is 47.4 Å². The number of hydrogen-bond acceptors (Lipinski definition) is 4. The molecule has 1 saturated heterocycles. The van der Waals surface area contributed by atoms with Gasteiger partial charge in [-0.15, -0.1) is 0 Å². The molecule has 1 atom stereocenters. The van der Waals surface area contributed by atoms with Crippen molar-refractivity contribution in [3.8, 4) is 0 Å². The second-order valence-electron chi connectivity index (χ2n) is 7.67. The summed E-state index contributed by atoms with van der Waals surface area (Å²) in [5.74, 6) is -1.87. The Balaban J connectivity index is 1.38. The number of hydrogen-bond donors (Lipinski definition) is 3. The van der Waals surface area contributed by atoms with Crippen molar-refractivity contribution in [3.63, 3.8) is 0 Å². The Kier molecular flexibility index (Phi) is 6.17. The maximum atomic E-state index is 12.7. The molecule has 1 unspecified atom stereocenters. The number of nitrogens with two attached hydrogens (primary N) is 1. The number of para-hydroxylation sites is 2. The predicted molar refractivity (Wildman–Crippen MR) is 125 cm³/mol. The molecule has 0 spiro atoms. The molecule has 166 valence electrons. The molecule has 3 aromatic carbocycles. The van der Waals surface area contributed by atoms with Crippen LogP contribution in [0.1, 0.15) is 27.1 Å². The summed E-state index contributed by atoms with van der Waals surface area (Å²) in [5.41, 5.74) is 7.51. The molecule has 1 heterocycles. The number of amides is 4. The third-order valence-electron chi connectivity index (χ3n) is 5.42. The van der Waals surface area contributed by atoms with Crippen LogP contribution in [0.5, 0.6) is 0 Å². The lowest BCUT2D eigenvalue weighted by Crippen LogP contribution is -2.28. The number of nitrogens with one attached hydrogen (secondary N) is 2. The third-order valence-corrected chi connectivity index (χ3v) is 5.42. The summed E-state index contributed by atoms with van der Waals surface area (Å²) in [5, 5.41) is 5.47. The highest BCUT2D eigenvalue weighted by molar-refractivity contribution is 6.09. The zero-order valence-corrected chi connectivity index (χ0v) is 17.7. The van der Waals surface area contributed by atoms with Gasteiger partial charge in [0, 0.05) is 29.9 Å². The van der Waals surface area contributed by atoms with Gasteiger partial charge in [-0.3, -0.25) is 19.2 Å². The highest BCUT2D eigenvalue weighted by atomic mass is 16.2. The van der Waals surface area contributed by atoms with Crippen LogP contribution in [0, 0.1) is 5.92 Å². The van der Waals surface area contributed by atoms with E-state index in [9.17, 15) is 19.2 Å². The molecule has 1 aliphatic rings. The SMILES string of the molecule is NC(=O)c1ccccc1NC(=O)c1ccc(NC(=O)C2CC(=O)N(c3ccccc3)C2)cc1. The van der Waals surface area contributed by atoms with E-state index in [-0.39, 0.29) is 23.8 Å². The van der Waals surface area contributed by atoms with Gasteiger partial charge in [-0.25, -0.2) is 0 Å². The van der Waals surface area contributed by atoms with Crippen molar-refractivity contribution in [2.24, 2.45) is 11.7 Å².